The quantitative estimate of drug-likeness (QED) is 0.851. The predicted molar refractivity (Wildman–Crippen MR) is 63.8 cm³/mol. The molecule has 3 atom stereocenters. The average molecular weight is 250 g/mol. The molecule has 98 valence electrons. The highest BCUT2D eigenvalue weighted by atomic mass is 16.6. The van der Waals surface area contributed by atoms with Crippen LogP contribution in [0.5, 0.6) is 0 Å². The third-order valence-electron chi connectivity index (χ3n) is 3.93. The maximum absolute atomic E-state index is 10.4. The Morgan fingerprint density at radius 3 is 3.06 bits per heavy atom. The molecular weight excluding hydrogens is 232 g/mol. The zero-order valence-corrected chi connectivity index (χ0v) is 10.3. The minimum absolute atomic E-state index is 0.174. The summed E-state index contributed by atoms with van der Waals surface area (Å²) < 4.78 is 11.3. The number of aromatic nitrogens is 2. The summed E-state index contributed by atoms with van der Waals surface area (Å²) in [4.78, 5) is 8.20. The molecule has 5 nitrogen and oxygen atoms in total. The summed E-state index contributed by atoms with van der Waals surface area (Å²) in [6.45, 7) is 2.09. The zero-order chi connectivity index (χ0) is 12.4. The fourth-order valence-electron chi connectivity index (χ4n) is 2.90. The molecule has 1 spiro atoms. The highest BCUT2D eigenvalue weighted by molar-refractivity contribution is 5.03. The van der Waals surface area contributed by atoms with Crippen molar-refractivity contribution >= 4 is 0 Å². The molecule has 3 unspecified atom stereocenters. The second-order valence-corrected chi connectivity index (χ2v) is 5.16. The van der Waals surface area contributed by atoms with Crippen molar-refractivity contribution in [2.24, 2.45) is 5.92 Å². The van der Waals surface area contributed by atoms with Crippen LogP contribution in [-0.4, -0.2) is 40.5 Å². The summed E-state index contributed by atoms with van der Waals surface area (Å²) in [5.74, 6) is 0.178. The summed E-state index contributed by atoms with van der Waals surface area (Å²) in [5.41, 5.74) is 0.477. The van der Waals surface area contributed by atoms with Gasteiger partial charge in [-0.3, -0.25) is 9.97 Å². The van der Waals surface area contributed by atoms with E-state index in [9.17, 15) is 5.11 Å². The van der Waals surface area contributed by atoms with Crippen molar-refractivity contribution < 1.29 is 14.6 Å². The van der Waals surface area contributed by atoms with Gasteiger partial charge in [0, 0.05) is 32.0 Å². The molecule has 0 bridgehead atoms. The molecule has 2 aliphatic rings. The Labute approximate surface area is 106 Å². The maximum atomic E-state index is 10.4. The van der Waals surface area contributed by atoms with Crippen molar-refractivity contribution in [3.05, 3.63) is 24.3 Å². The number of rotatable bonds is 2. The molecule has 2 aliphatic heterocycles. The van der Waals surface area contributed by atoms with Gasteiger partial charge in [0.2, 0.25) is 0 Å². The van der Waals surface area contributed by atoms with E-state index in [4.69, 9.17) is 9.47 Å². The minimum atomic E-state index is -0.555. The fourth-order valence-corrected chi connectivity index (χ4v) is 2.90. The van der Waals surface area contributed by atoms with Crippen LogP contribution in [0.25, 0.3) is 0 Å². The van der Waals surface area contributed by atoms with E-state index in [1.54, 1.807) is 18.6 Å². The normalized spacial score (nSPS) is 33.7. The summed E-state index contributed by atoms with van der Waals surface area (Å²) in [6, 6.07) is 0. The Bertz CT molecular complexity index is 392. The van der Waals surface area contributed by atoms with Crippen LogP contribution in [-0.2, 0) is 9.47 Å². The molecule has 0 radical (unpaired) electrons. The van der Waals surface area contributed by atoms with Crippen molar-refractivity contribution in [2.45, 2.75) is 31.0 Å². The van der Waals surface area contributed by atoms with Crippen LogP contribution in [0, 0.1) is 5.92 Å². The number of ether oxygens (including phenoxy) is 2. The van der Waals surface area contributed by atoms with Crippen LogP contribution in [0.3, 0.4) is 0 Å². The Balaban J connectivity index is 1.72. The lowest BCUT2D eigenvalue weighted by Gasteiger charge is -2.38. The van der Waals surface area contributed by atoms with Crippen LogP contribution >= 0.6 is 0 Å². The Morgan fingerprint density at radius 1 is 1.39 bits per heavy atom. The first-order valence-corrected chi connectivity index (χ1v) is 6.45. The van der Waals surface area contributed by atoms with E-state index in [1.165, 1.54) is 0 Å². The van der Waals surface area contributed by atoms with Gasteiger partial charge in [-0.2, -0.15) is 0 Å². The first-order chi connectivity index (χ1) is 8.79. The molecular formula is C13H18N2O3. The van der Waals surface area contributed by atoms with Crippen LogP contribution in [0.1, 0.15) is 31.1 Å². The van der Waals surface area contributed by atoms with E-state index in [0.717, 1.165) is 25.9 Å². The largest absolute Gasteiger partial charge is 0.386 e. The average Bonchev–Trinajstić information content (AvgIpc) is 2.87. The molecule has 3 rings (SSSR count). The molecule has 2 saturated heterocycles. The third-order valence-corrected chi connectivity index (χ3v) is 3.93. The van der Waals surface area contributed by atoms with E-state index in [0.29, 0.717) is 18.9 Å². The second kappa shape index (κ2) is 4.91. The number of nitrogens with zero attached hydrogens (tertiary/aromatic N) is 2. The van der Waals surface area contributed by atoms with Gasteiger partial charge in [-0.05, 0) is 18.8 Å². The van der Waals surface area contributed by atoms with Gasteiger partial charge in [0.1, 0.15) is 6.10 Å². The summed E-state index contributed by atoms with van der Waals surface area (Å²) in [5, 5.41) is 10.4. The molecule has 2 fully saturated rings. The fraction of sp³-hybridized carbons (Fsp3) is 0.692. The van der Waals surface area contributed by atoms with Crippen molar-refractivity contribution in [2.75, 3.05) is 19.8 Å². The van der Waals surface area contributed by atoms with Crippen molar-refractivity contribution in [3.63, 3.8) is 0 Å². The van der Waals surface area contributed by atoms with Gasteiger partial charge in [0.05, 0.1) is 24.1 Å². The van der Waals surface area contributed by atoms with Gasteiger partial charge < -0.3 is 14.6 Å². The molecule has 1 aromatic heterocycles. The number of aliphatic hydroxyl groups excluding tert-OH is 1. The Morgan fingerprint density at radius 2 is 2.33 bits per heavy atom. The van der Waals surface area contributed by atoms with Gasteiger partial charge >= 0.3 is 0 Å². The number of hydrogen-bond acceptors (Lipinski definition) is 5. The molecule has 18 heavy (non-hydrogen) atoms. The first kappa shape index (κ1) is 12.0. The summed E-state index contributed by atoms with van der Waals surface area (Å²) >= 11 is 0. The molecule has 0 aromatic carbocycles. The molecule has 0 aliphatic carbocycles. The molecule has 0 amide bonds. The molecule has 5 heteroatoms. The van der Waals surface area contributed by atoms with Crippen LogP contribution in [0.2, 0.25) is 0 Å². The minimum Gasteiger partial charge on any atom is -0.386 e. The maximum Gasteiger partial charge on any atom is 0.100 e. The molecule has 1 aromatic rings. The molecule has 0 saturated carbocycles. The second-order valence-electron chi connectivity index (χ2n) is 5.16. The summed E-state index contributed by atoms with van der Waals surface area (Å²) in [7, 11) is 0. The smallest absolute Gasteiger partial charge is 0.100 e. The number of aliphatic hydroxyl groups is 1. The Hall–Kier alpha value is -1.04. The van der Waals surface area contributed by atoms with Gasteiger partial charge in [0.15, 0.2) is 0 Å². The highest BCUT2D eigenvalue weighted by Crippen LogP contribution is 2.40. The summed E-state index contributed by atoms with van der Waals surface area (Å²) in [6.07, 6.45) is 6.94. The van der Waals surface area contributed by atoms with Crippen molar-refractivity contribution in [1.82, 2.24) is 9.97 Å². The lowest BCUT2D eigenvalue weighted by Crippen LogP contribution is -2.42. The van der Waals surface area contributed by atoms with E-state index >= 15 is 0 Å². The Kier molecular flexibility index (Phi) is 3.28. The molecule has 3 heterocycles. The predicted octanol–water partition coefficient (Wildman–Crippen LogP) is 1.10. The molecule has 1 N–H and O–H groups in total. The highest BCUT2D eigenvalue weighted by Gasteiger charge is 2.43. The van der Waals surface area contributed by atoms with Crippen LogP contribution in [0.4, 0.5) is 0 Å². The van der Waals surface area contributed by atoms with Crippen LogP contribution in [0.15, 0.2) is 18.6 Å². The van der Waals surface area contributed by atoms with Gasteiger partial charge in [-0.15, -0.1) is 0 Å². The van der Waals surface area contributed by atoms with E-state index in [1.807, 2.05) is 0 Å². The standard InChI is InChI=1S/C13H18N2O3/c16-12(11-8-14-3-4-15-11)10-1-5-18-13(7-10)2-6-17-9-13/h3-4,8,10,12,16H,1-2,5-7,9H2. The van der Waals surface area contributed by atoms with Gasteiger partial charge in [-0.1, -0.05) is 0 Å². The lowest BCUT2D eigenvalue weighted by molar-refractivity contribution is -0.117. The van der Waals surface area contributed by atoms with E-state index in [-0.39, 0.29) is 11.5 Å². The topological polar surface area (TPSA) is 64.5 Å². The number of hydrogen-bond donors (Lipinski definition) is 1. The van der Waals surface area contributed by atoms with Crippen molar-refractivity contribution in [3.8, 4) is 0 Å². The lowest BCUT2D eigenvalue weighted by atomic mass is 9.81. The zero-order valence-electron chi connectivity index (χ0n) is 10.3. The van der Waals surface area contributed by atoms with Gasteiger partial charge in [0.25, 0.3) is 0 Å². The third kappa shape index (κ3) is 2.25. The first-order valence-electron chi connectivity index (χ1n) is 6.45. The van der Waals surface area contributed by atoms with Crippen molar-refractivity contribution in [1.29, 1.82) is 0 Å². The van der Waals surface area contributed by atoms with E-state index < -0.39 is 6.10 Å². The van der Waals surface area contributed by atoms with Gasteiger partial charge in [-0.25, -0.2) is 0 Å². The van der Waals surface area contributed by atoms with E-state index in [2.05, 4.69) is 9.97 Å². The SMILES string of the molecule is OC(c1cnccn1)C1CCOC2(CCOC2)C1. The monoisotopic (exact) mass is 250 g/mol. The van der Waals surface area contributed by atoms with Crippen LogP contribution < -0.4 is 0 Å².